The molecule has 8 rings (SSSR count). The van der Waals surface area contributed by atoms with Crippen LogP contribution in [-0.4, -0.2) is 23.0 Å². The van der Waals surface area contributed by atoms with Crippen molar-refractivity contribution >= 4 is 17.1 Å². The fourth-order valence-corrected chi connectivity index (χ4v) is 9.05. The van der Waals surface area contributed by atoms with Crippen molar-refractivity contribution in [3.8, 4) is 0 Å². The van der Waals surface area contributed by atoms with E-state index in [1.165, 1.54) is 74.3 Å². The Morgan fingerprint density at radius 2 is 1.60 bits per heavy atom. The molecule has 4 nitrogen and oxygen atoms in total. The summed E-state index contributed by atoms with van der Waals surface area (Å²) in [6.07, 6.45) is 15.7. The quantitative estimate of drug-likeness (QED) is 0.162. The molecule has 0 amide bonds. The number of aromatic nitrogens is 2. The van der Waals surface area contributed by atoms with Crippen LogP contribution in [0.3, 0.4) is 0 Å². The fraction of sp³-hybridized carbons (Fsp3) is 0.385. The van der Waals surface area contributed by atoms with Crippen molar-refractivity contribution in [1.29, 1.82) is 0 Å². The lowest BCUT2D eigenvalue weighted by molar-refractivity contribution is -0.0569. The van der Waals surface area contributed by atoms with Crippen LogP contribution >= 0.6 is 0 Å². The first kappa shape index (κ1) is 27.9. The summed E-state index contributed by atoms with van der Waals surface area (Å²) in [6, 6.07) is 25.5. The topological polar surface area (TPSA) is 55.0 Å². The zero-order chi connectivity index (χ0) is 29.4. The normalized spacial score (nSPS) is 24.6. The van der Waals surface area contributed by atoms with Gasteiger partial charge >= 0.3 is 5.97 Å². The Morgan fingerprint density at radius 3 is 2.28 bits per heavy atom. The zero-order valence-electron chi connectivity index (χ0n) is 25.4. The van der Waals surface area contributed by atoms with Gasteiger partial charge in [0, 0.05) is 5.57 Å². The molecule has 4 fully saturated rings. The standard InChI is InChI=1S/C39H42N2O2/c1-26-11-12-28(13-14-39-21-29-15-30(22-39)17-31(16-29)23-39)18-34(26)37(36-24-40-25-41-36)35(19-27-7-4-3-5-8-27)32-9-6-10-33(20-32)38(42)43-2/h3-12,18,20,24-25,29-31H,13-17,19,21-23H2,1-2H3,(H,40,41). The number of aromatic amines is 1. The van der Waals surface area contributed by atoms with E-state index in [9.17, 15) is 4.79 Å². The number of methoxy groups -OCH3 is 1. The SMILES string of the molecule is COC(=O)c1cccc(C(Cc2ccccc2)=C(c2cnc[nH]2)c2cc(CCC34CC5CC(CC(C5)C3)C4)ccc2C)c1. The van der Waals surface area contributed by atoms with Gasteiger partial charge in [-0.25, -0.2) is 9.78 Å². The van der Waals surface area contributed by atoms with Gasteiger partial charge in [0.05, 0.1) is 30.9 Å². The summed E-state index contributed by atoms with van der Waals surface area (Å²) in [6.45, 7) is 2.21. The molecule has 4 aliphatic carbocycles. The highest BCUT2D eigenvalue weighted by Crippen LogP contribution is 2.61. The molecule has 0 atom stereocenters. The molecule has 0 saturated heterocycles. The second-order valence-electron chi connectivity index (χ2n) is 13.6. The number of esters is 1. The van der Waals surface area contributed by atoms with Gasteiger partial charge in [0.15, 0.2) is 0 Å². The van der Waals surface area contributed by atoms with Crippen molar-refractivity contribution in [2.75, 3.05) is 7.11 Å². The highest BCUT2D eigenvalue weighted by molar-refractivity contribution is 6.00. The number of carbonyl (C=O) groups excluding carboxylic acids is 1. The van der Waals surface area contributed by atoms with Gasteiger partial charge in [-0.3, -0.25) is 0 Å². The molecule has 0 aliphatic heterocycles. The number of nitrogens with one attached hydrogen (secondary N) is 1. The van der Waals surface area contributed by atoms with Crippen LogP contribution in [0.2, 0.25) is 0 Å². The minimum atomic E-state index is -0.327. The fourth-order valence-electron chi connectivity index (χ4n) is 9.05. The van der Waals surface area contributed by atoms with E-state index < -0.39 is 0 Å². The number of carbonyl (C=O) groups is 1. The molecular weight excluding hydrogens is 528 g/mol. The smallest absolute Gasteiger partial charge is 0.337 e. The van der Waals surface area contributed by atoms with Crippen molar-refractivity contribution in [1.82, 2.24) is 9.97 Å². The molecule has 43 heavy (non-hydrogen) atoms. The number of imidazole rings is 1. The zero-order valence-corrected chi connectivity index (χ0v) is 25.4. The van der Waals surface area contributed by atoms with E-state index in [1.54, 1.807) is 6.33 Å². The average Bonchev–Trinajstić information content (AvgIpc) is 3.55. The first-order valence-corrected chi connectivity index (χ1v) is 16.0. The van der Waals surface area contributed by atoms with Gasteiger partial charge in [-0.1, -0.05) is 60.7 Å². The van der Waals surface area contributed by atoms with Crippen molar-refractivity contribution in [3.63, 3.8) is 0 Å². The van der Waals surface area contributed by atoms with E-state index in [0.29, 0.717) is 11.0 Å². The molecule has 4 saturated carbocycles. The third kappa shape index (κ3) is 5.72. The summed E-state index contributed by atoms with van der Waals surface area (Å²) < 4.78 is 5.08. The number of benzene rings is 3. The number of aryl methyl sites for hydroxylation is 2. The maximum atomic E-state index is 12.6. The van der Waals surface area contributed by atoms with Gasteiger partial charge in [-0.05, 0) is 133 Å². The van der Waals surface area contributed by atoms with Gasteiger partial charge in [-0.2, -0.15) is 0 Å². The number of ether oxygens (including phenoxy) is 1. The summed E-state index contributed by atoms with van der Waals surface area (Å²) in [7, 11) is 1.43. The number of hydrogen-bond donors (Lipinski definition) is 1. The number of nitrogens with zero attached hydrogens (tertiary/aromatic N) is 1. The Bertz CT molecular complexity index is 1600. The van der Waals surface area contributed by atoms with Crippen LogP contribution in [-0.2, 0) is 17.6 Å². The summed E-state index contributed by atoms with van der Waals surface area (Å²) in [5.41, 5.74) is 10.5. The van der Waals surface area contributed by atoms with Crippen molar-refractivity contribution in [3.05, 3.63) is 124 Å². The van der Waals surface area contributed by atoms with Gasteiger partial charge in [0.25, 0.3) is 0 Å². The van der Waals surface area contributed by atoms with E-state index in [1.807, 2.05) is 24.4 Å². The summed E-state index contributed by atoms with van der Waals surface area (Å²) >= 11 is 0. The Balaban J connectivity index is 1.31. The van der Waals surface area contributed by atoms with Crippen LogP contribution in [0.25, 0.3) is 11.1 Å². The van der Waals surface area contributed by atoms with Crippen LogP contribution in [0.5, 0.6) is 0 Å². The van der Waals surface area contributed by atoms with Crippen molar-refractivity contribution in [2.45, 2.75) is 64.7 Å². The number of hydrogen-bond acceptors (Lipinski definition) is 3. The highest BCUT2D eigenvalue weighted by atomic mass is 16.5. The molecule has 4 aliphatic rings. The second kappa shape index (κ2) is 11.6. The van der Waals surface area contributed by atoms with Crippen LogP contribution < -0.4 is 0 Å². The minimum absolute atomic E-state index is 0.327. The van der Waals surface area contributed by atoms with E-state index in [0.717, 1.165) is 53.0 Å². The van der Waals surface area contributed by atoms with Crippen LogP contribution in [0.1, 0.15) is 88.8 Å². The Morgan fingerprint density at radius 1 is 0.884 bits per heavy atom. The predicted molar refractivity (Wildman–Crippen MR) is 173 cm³/mol. The first-order valence-electron chi connectivity index (χ1n) is 16.0. The molecule has 1 heterocycles. The van der Waals surface area contributed by atoms with E-state index in [-0.39, 0.29) is 5.97 Å². The molecule has 1 N–H and O–H groups in total. The average molecular weight is 571 g/mol. The summed E-state index contributed by atoms with van der Waals surface area (Å²) in [5, 5.41) is 0. The second-order valence-corrected chi connectivity index (χ2v) is 13.6. The molecule has 0 unspecified atom stereocenters. The molecule has 4 bridgehead atoms. The van der Waals surface area contributed by atoms with Gasteiger partial charge in [-0.15, -0.1) is 0 Å². The van der Waals surface area contributed by atoms with Crippen LogP contribution in [0, 0.1) is 30.1 Å². The minimum Gasteiger partial charge on any atom is -0.465 e. The summed E-state index contributed by atoms with van der Waals surface area (Å²) in [5.74, 6) is 2.62. The third-order valence-corrected chi connectivity index (χ3v) is 10.6. The van der Waals surface area contributed by atoms with Crippen LogP contribution in [0.4, 0.5) is 0 Å². The molecule has 4 heteroatoms. The third-order valence-electron chi connectivity index (χ3n) is 10.6. The van der Waals surface area contributed by atoms with Crippen molar-refractivity contribution in [2.24, 2.45) is 23.2 Å². The van der Waals surface area contributed by atoms with Crippen molar-refractivity contribution < 1.29 is 9.53 Å². The molecule has 0 spiro atoms. The van der Waals surface area contributed by atoms with E-state index in [2.05, 4.69) is 71.5 Å². The molecule has 4 aromatic rings. The monoisotopic (exact) mass is 570 g/mol. The lowest BCUT2D eigenvalue weighted by atomic mass is 9.48. The lowest BCUT2D eigenvalue weighted by Crippen LogP contribution is -2.46. The maximum Gasteiger partial charge on any atom is 0.337 e. The van der Waals surface area contributed by atoms with Gasteiger partial charge in [0.2, 0.25) is 0 Å². The largest absolute Gasteiger partial charge is 0.465 e. The molecule has 0 radical (unpaired) electrons. The molecule has 1 aromatic heterocycles. The first-order chi connectivity index (χ1) is 21.0. The summed E-state index contributed by atoms with van der Waals surface area (Å²) in [4.78, 5) is 20.4. The van der Waals surface area contributed by atoms with Gasteiger partial charge in [0.1, 0.15) is 0 Å². The lowest BCUT2D eigenvalue weighted by Gasteiger charge is -2.57. The molecular formula is C39H42N2O2. The number of allylic oxidation sites excluding steroid dienone is 1. The predicted octanol–water partition coefficient (Wildman–Crippen LogP) is 8.86. The molecule has 3 aromatic carbocycles. The maximum absolute atomic E-state index is 12.6. The van der Waals surface area contributed by atoms with E-state index in [4.69, 9.17) is 4.74 Å². The Labute approximate surface area is 255 Å². The number of rotatable bonds is 9. The highest BCUT2D eigenvalue weighted by Gasteiger charge is 2.50. The Kier molecular flexibility index (Phi) is 7.55. The van der Waals surface area contributed by atoms with E-state index >= 15 is 0 Å². The Hall–Kier alpha value is -3.92. The van der Waals surface area contributed by atoms with Crippen LogP contribution in [0.15, 0.2) is 85.3 Å². The van der Waals surface area contributed by atoms with Gasteiger partial charge < -0.3 is 9.72 Å². The number of H-pyrrole nitrogens is 1. The molecule has 220 valence electrons.